The third kappa shape index (κ3) is 2.37. The first-order valence-electron chi connectivity index (χ1n) is 8.30. The van der Waals surface area contributed by atoms with Crippen molar-refractivity contribution in [2.45, 2.75) is 73.3 Å². The molecular weight excluding hydrogens is 290 g/mol. The molecule has 0 spiro atoms. The molecule has 22 heavy (non-hydrogen) atoms. The van der Waals surface area contributed by atoms with Crippen LogP contribution in [-0.2, 0) is 5.41 Å². The number of benzene rings is 1. The summed E-state index contributed by atoms with van der Waals surface area (Å²) in [5.74, 6) is 0. The summed E-state index contributed by atoms with van der Waals surface area (Å²) in [6.07, 6.45) is 0. The largest absolute Gasteiger partial charge is 0.365 e. The Hall–Kier alpha value is -0.690. The highest BCUT2D eigenvalue weighted by atomic mass is 35.5. The summed E-state index contributed by atoms with van der Waals surface area (Å²) in [5, 5.41) is 0.911. The summed E-state index contributed by atoms with van der Waals surface area (Å²) in [4.78, 5) is 2.55. The van der Waals surface area contributed by atoms with Crippen LogP contribution in [0.3, 0.4) is 0 Å². The Morgan fingerprint density at radius 1 is 0.909 bits per heavy atom. The van der Waals surface area contributed by atoms with Gasteiger partial charge in [0.05, 0.1) is 0 Å². The highest BCUT2D eigenvalue weighted by Crippen LogP contribution is 2.62. The van der Waals surface area contributed by atoms with Crippen molar-refractivity contribution in [3.8, 4) is 0 Å². The SMILES string of the molecule is CC(C)(C)N1CC(C(C)(C)C)(C(C)(C)C)c2c(Cl)cccc21. The summed E-state index contributed by atoms with van der Waals surface area (Å²) >= 11 is 6.75. The molecule has 0 atom stereocenters. The minimum absolute atomic E-state index is 0.0148. The van der Waals surface area contributed by atoms with Crippen molar-refractivity contribution in [3.05, 3.63) is 28.8 Å². The van der Waals surface area contributed by atoms with Crippen LogP contribution >= 0.6 is 11.6 Å². The summed E-state index contributed by atoms with van der Waals surface area (Å²) < 4.78 is 0. The molecule has 0 aromatic heterocycles. The fourth-order valence-corrected chi connectivity index (χ4v) is 4.84. The normalized spacial score (nSPS) is 18.5. The Labute approximate surface area is 142 Å². The van der Waals surface area contributed by atoms with Crippen LogP contribution in [-0.4, -0.2) is 12.1 Å². The third-order valence-electron chi connectivity index (χ3n) is 5.47. The monoisotopic (exact) mass is 321 g/mol. The number of nitrogens with zero attached hydrogens (tertiary/aromatic N) is 1. The van der Waals surface area contributed by atoms with Crippen LogP contribution in [0.2, 0.25) is 5.02 Å². The molecule has 1 aromatic rings. The first kappa shape index (κ1) is 17.7. The topological polar surface area (TPSA) is 3.24 Å². The fraction of sp³-hybridized carbons (Fsp3) is 0.700. The van der Waals surface area contributed by atoms with Crippen LogP contribution in [0.25, 0.3) is 0 Å². The Bertz CT molecular complexity index is 553. The Balaban J connectivity index is 2.86. The number of hydrogen-bond acceptors (Lipinski definition) is 1. The molecular formula is C20H32ClN. The molecule has 0 bridgehead atoms. The molecule has 1 nitrogen and oxygen atoms in total. The van der Waals surface area contributed by atoms with Crippen molar-refractivity contribution in [2.24, 2.45) is 10.8 Å². The number of halogens is 1. The van der Waals surface area contributed by atoms with E-state index in [4.69, 9.17) is 11.6 Å². The smallest absolute Gasteiger partial charge is 0.0465 e. The Morgan fingerprint density at radius 2 is 1.41 bits per heavy atom. The van der Waals surface area contributed by atoms with Gasteiger partial charge in [-0.25, -0.2) is 0 Å². The maximum Gasteiger partial charge on any atom is 0.0465 e. The van der Waals surface area contributed by atoms with E-state index in [0.29, 0.717) is 0 Å². The second-order valence-corrected chi connectivity index (χ2v) is 10.2. The summed E-state index contributed by atoms with van der Waals surface area (Å²) in [5.41, 5.74) is 2.98. The minimum atomic E-state index is 0.0148. The van der Waals surface area contributed by atoms with Gasteiger partial charge < -0.3 is 4.90 Å². The second kappa shape index (κ2) is 4.90. The first-order valence-corrected chi connectivity index (χ1v) is 8.68. The van der Waals surface area contributed by atoms with Gasteiger partial charge in [0.25, 0.3) is 0 Å². The molecule has 124 valence electrons. The van der Waals surface area contributed by atoms with E-state index in [1.807, 2.05) is 0 Å². The zero-order valence-electron chi connectivity index (χ0n) is 15.8. The van der Waals surface area contributed by atoms with Crippen molar-refractivity contribution in [3.63, 3.8) is 0 Å². The van der Waals surface area contributed by atoms with Gasteiger partial charge >= 0.3 is 0 Å². The van der Waals surface area contributed by atoms with Gasteiger partial charge in [-0.1, -0.05) is 59.2 Å². The van der Waals surface area contributed by atoms with Crippen LogP contribution in [0.1, 0.15) is 67.9 Å². The quantitative estimate of drug-likeness (QED) is 0.543. The summed E-state index contributed by atoms with van der Waals surface area (Å²) in [6.45, 7) is 22.0. The van der Waals surface area contributed by atoms with Gasteiger partial charge in [0.2, 0.25) is 0 Å². The van der Waals surface area contributed by atoms with Crippen molar-refractivity contribution >= 4 is 17.3 Å². The third-order valence-corrected chi connectivity index (χ3v) is 5.79. The molecule has 0 unspecified atom stereocenters. The average Bonchev–Trinajstić information content (AvgIpc) is 2.64. The number of fused-ring (bicyclic) bond motifs is 1. The highest BCUT2D eigenvalue weighted by molar-refractivity contribution is 6.32. The van der Waals surface area contributed by atoms with E-state index in [-0.39, 0.29) is 21.8 Å². The maximum absolute atomic E-state index is 6.75. The predicted molar refractivity (Wildman–Crippen MR) is 99.1 cm³/mol. The van der Waals surface area contributed by atoms with Crippen molar-refractivity contribution < 1.29 is 0 Å². The second-order valence-electron chi connectivity index (χ2n) is 9.80. The van der Waals surface area contributed by atoms with Gasteiger partial charge in [-0.3, -0.25) is 0 Å². The van der Waals surface area contributed by atoms with E-state index in [1.165, 1.54) is 11.3 Å². The van der Waals surface area contributed by atoms with Crippen LogP contribution in [0.5, 0.6) is 0 Å². The number of rotatable bonds is 0. The molecule has 1 aromatic carbocycles. The molecule has 0 radical (unpaired) electrons. The number of hydrogen-bond donors (Lipinski definition) is 0. The van der Waals surface area contributed by atoms with E-state index >= 15 is 0 Å². The van der Waals surface area contributed by atoms with Crippen LogP contribution < -0.4 is 4.90 Å². The van der Waals surface area contributed by atoms with Gasteiger partial charge in [0.15, 0.2) is 0 Å². The molecule has 0 saturated heterocycles. The van der Waals surface area contributed by atoms with Crippen molar-refractivity contribution in [1.82, 2.24) is 0 Å². The molecule has 1 aliphatic heterocycles. The Kier molecular flexibility index (Phi) is 3.93. The molecule has 0 saturated carbocycles. The standard InChI is InChI=1S/C20H32ClN/c1-17(2,3)20(18(4,5)6)13-22(19(7,8)9)15-12-10-11-14(21)16(15)20/h10-12H,13H2,1-9H3. The van der Waals surface area contributed by atoms with Crippen LogP contribution in [0.15, 0.2) is 18.2 Å². The molecule has 2 rings (SSSR count). The molecule has 0 aliphatic carbocycles. The van der Waals surface area contributed by atoms with E-state index in [0.717, 1.165) is 11.6 Å². The van der Waals surface area contributed by atoms with Gasteiger partial charge in [0.1, 0.15) is 0 Å². The van der Waals surface area contributed by atoms with E-state index in [1.54, 1.807) is 0 Å². The molecule has 1 heterocycles. The van der Waals surface area contributed by atoms with Gasteiger partial charge in [-0.05, 0) is 43.7 Å². The maximum atomic E-state index is 6.75. The first-order chi connectivity index (χ1) is 9.73. The molecule has 2 heteroatoms. The molecule has 0 N–H and O–H groups in total. The lowest BCUT2D eigenvalue weighted by atomic mass is 9.52. The lowest BCUT2D eigenvalue weighted by molar-refractivity contribution is 0.0636. The van der Waals surface area contributed by atoms with E-state index in [9.17, 15) is 0 Å². The zero-order chi connectivity index (χ0) is 17.1. The molecule has 0 amide bonds. The lowest BCUT2D eigenvalue weighted by Gasteiger charge is -2.53. The average molecular weight is 322 g/mol. The highest BCUT2D eigenvalue weighted by Gasteiger charge is 2.59. The van der Waals surface area contributed by atoms with Crippen molar-refractivity contribution in [2.75, 3.05) is 11.4 Å². The van der Waals surface area contributed by atoms with Gasteiger partial charge in [0, 0.05) is 33.8 Å². The summed E-state index contributed by atoms with van der Waals surface area (Å²) in [7, 11) is 0. The fourth-order valence-electron chi connectivity index (χ4n) is 4.51. The van der Waals surface area contributed by atoms with E-state index in [2.05, 4.69) is 85.4 Å². The van der Waals surface area contributed by atoms with E-state index < -0.39 is 0 Å². The van der Waals surface area contributed by atoms with Crippen molar-refractivity contribution in [1.29, 1.82) is 0 Å². The van der Waals surface area contributed by atoms with Gasteiger partial charge in [-0.2, -0.15) is 0 Å². The van der Waals surface area contributed by atoms with Crippen LogP contribution in [0.4, 0.5) is 5.69 Å². The molecule has 0 fully saturated rings. The zero-order valence-corrected chi connectivity index (χ0v) is 16.5. The summed E-state index contributed by atoms with van der Waals surface area (Å²) in [6, 6.07) is 6.38. The number of anilines is 1. The molecule has 1 aliphatic rings. The lowest BCUT2D eigenvalue weighted by Crippen LogP contribution is -2.55. The predicted octanol–water partition coefficient (Wildman–Crippen LogP) is 6.29. The minimum Gasteiger partial charge on any atom is -0.365 e. The van der Waals surface area contributed by atoms with Crippen LogP contribution in [0, 0.1) is 10.8 Å². The van der Waals surface area contributed by atoms with Gasteiger partial charge in [-0.15, -0.1) is 0 Å². The Morgan fingerprint density at radius 3 is 1.82 bits per heavy atom.